The molecule has 0 saturated heterocycles. The maximum atomic E-state index is 12.6. The molecule has 0 aromatic carbocycles. The van der Waals surface area contributed by atoms with Gasteiger partial charge in [-0.15, -0.1) is 11.3 Å². The molecule has 0 unspecified atom stereocenters. The lowest BCUT2D eigenvalue weighted by Crippen LogP contribution is -2.27. The molecule has 8 heteroatoms. The topological polar surface area (TPSA) is 75.2 Å². The fraction of sp³-hybridized carbons (Fsp3) is 0.333. The van der Waals surface area contributed by atoms with Gasteiger partial charge in [-0.3, -0.25) is 0 Å². The zero-order chi connectivity index (χ0) is 14.6. The Balaban J connectivity index is 2.30. The summed E-state index contributed by atoms with van der Waals surface area (Å²) in [6, 6.07) is 3.17. The summed E-state index contributed by atoms with van der Waals surface area (Å²) >= 11 is 1.44. The van der Waals surface area contributed by atoms with Crippen LogP contribution in [0.25, 0.3) is 0 Å². The highest BCUT2D eigenvalue weighted by atomic mass is 32.2. The molecular formula is C12H16N4O2S2. The largest absolute Gasteiger partial charge is 0.369 e. The van der Waals surface area contributed by atoms with E-state index in [1.54, 1.807) is 23.8 Å². The molecule has 108 valence electrons. The van der Waals surface area contributed by atoms with Gasteiger partial charge in [-0.1, -0.05) is 0 Å². The van der Waals surface area contributed by atoms with Crippen LogP contribution in [0.3, 0.4) is 0 Å². The Morgan fingerprint density at radius 2 is 2.20 bits per heavy atom. The van der Waals surface area contributed by atoms with Gasteiger partial charge in [-0.2, -0.15) is 4.31 Å². The van der Waals surface area contributed by atoms with Crippen molar-refractivity contribution in [2.75, 3.05) is 18.9 Å². The average molecular weight is 312 g/mol. The number of rotatable bonds is 6. The van der Waals surface area contributed by atoms with Crippen LogP contribution in [0, 0.1) is 0 Å². The molecule has 0 aliphatic heterocycles. The molecule has 2 rings (SSSR count). The number of aromatic nitrogens is 2. The predicted octanol–water partition coefficient (Wildman–Crippen LogP) is 1.79. The zero-order valence-electron chi connectivity index (χ0n) is 11.3. The van der Waals surface area contributed by atoms with Gasteiger partial charge >= 0.3 is 0 Å². The van der Waals surface area contributed by atoms with Crippen LogP contribution in [-0.4, -0.2) is 36.3 Å². The Hall–Kier alpha value is -1.51. The molecule has 0 fully saturated rings. The first kappa shape index (κ1) is 14.9. The van der Waals surface area contributed by atoms with Crippen LogP contribution in [0.4, 0.5) is 5.82 Å². The van der Waals surface area contributed by atoms with Crippen molar-refractivity contribution in [1.82, 2.24) is 14.3 Å². The molecule has 2 heterocycles. The van der Waals surface area contributed by atoms with E-state index in [2.05, 4.69) is 15.3 Å². The third-order valence-electron chi connectivity index (χ3n) is 2.67. The number of hydrogen-bond donors (Lipinski definition) is 1. The quantitative estimate of drug-likeness (QED) is 0.880. The van der Waals surface area contributed by atoms with E-state index in [1.165, 1.54) is 22.7 Å². The van der Waals surface area contributed by atoms with Gasteiger partial charge in [-0.05, 0) is 19.1 Å². The smallest absolute Gasteiger partial charge is 0.246 e. The van der Waals surface area contributed by atoms with Crippen molar-refractivity contribution >= 4 is 27.2 Å². The predicted molar refractivity (Wildman–Crippen MR) is 79.2 cm³/mol. The van der Waals surface area contributed by atoms with E-state index >= 15 is 0 Å². The standard InChI is InChI=1S/C12H16N4O2S2/c1-3-13-12-11(5-4-6-14-12)20(17,18)16(2)7-10-8-19-9-15-10/h4-6,8-9H,3,7H2,1-2H3,(H,13,14). The van der Waals surface area contributed by atoms with Crippen molar-refractivity contribution < 1.29 is 8.42 Å². The molecule has 0 spiro atoms. The normalized spacial score (nSPS) is 11.8. The lowest BCUT2D eigenvalue weighted by Gasteiger charge is -2.18. The number of anilines is 1. The summed E-state index contributed by atoms with van der Waals surface area (Å²) in [4.78, 5) is 8.37. The number of sulfonamides is 1. The van der Waals surface area contributed by atoms with E-state index in [4.69, 9.17) is 0 Å². The van der Waals surface area contributed by atoms with Crippen molar-refractivity contribution in [3.63, 3.8) is 0 Å². The van der Waals surface area contributed by atoms with Crippen molar-refractivity contribution in [2.45, 2.75) is 18.4 Å². The van der Waals surface area contributed by atoms with Crippen LogP contribution in [0.1, 0.15) is 12.6 Å². The Bertz CT molecular complexity index is 656. The maximum absolute atomic E-state index is 12.6. The molecule has 0 atom stereocenters. The van der Waals surface area contributed by atoms with Crippen molar-refractivity contribution in [1.29, 1.82) is 0 Å². The van der Waals surface area contributed by atoms with Gasteiger partial charge in [0.2, 0.25) is 10.0 Å². The van der Waals surface area contributed by atoms with E-state index in [9.17, 15) is 8.42 Å². The summed E-state index contributed by atoms with van der Waals surface area (Å²) < 4.78 is 26.4. The fourth-order valence-electron chi connectivity index (χ4n) is 1.70. The van der Waals surface area contributed by atoms with Gasteiger partial charge in [0.25, 0.3) is 0 Å². The van der Waals surface area contributed by atoms with Gasteiger partial charge in [-0.25, -0.2) is 18.4 Å². The summed E-state index contributed by atoms with van der Waals surface area (Å²) in [6.45, 7) is 2.74. The van der Waals surface area contributed by atoms with E-state index < -0.39 is 10.0 Å². The summed E-state index contributed by atoms with van der Waals surface area (Å²) in [5.41, 5.74) is 2.42. The van der Waals surface area contributed by atoms with Crippen LogP contribution in [-0.2, 0) is 16.6 Å². The van der Waals surface area contributed by atoms with E-state index in [1.807, 2.05) is 12.3 Å². The maximum Gasteiger partial charge on any atom is 0.246 e. The molecule has 6 nitrogen and oxygen atoms in total. The molecule has 0 bridgehead atoms. The molecule has 0 aliphatic carbocycles. The molecule has 0 aliphatic rings. The Kier molecular flexibility index (Phi) is 4.69. The fourth-order valence-corrected chi connectivity index (χ4v) is 3.50. The molecule has 0 amide bonds. The number of nitrogens with zero attached hydrogens (tertiary/aromatic N) is 3. The molecular weight excluding hydrogens is 296 g/mol. The molecule has 0 saturated carbocycles. The summed E-state index contributed by atoms with van der Waals surface area (Å²) in [7, 11) is -2.06. The number of hydrogen-bond acceptors (Lipinski definition) is 6. The minimum absolute atomic E-state index is 0.180. The Morgan fingerprint density at radius 3 is 2.85 bits per heavy atom. The molecule has 0 radical (unpaired) electrons. The van der Waals surface area contributed by atoms with Crippen LogP contribution in [0.15, 0.2) is 34.1 Å². The van der Waals surface area contributed by atoms with Gasteiger partial charge in [0.1, 0.15) is 10.7 Å². The highest BCUT2D eigenvalue weighted by Gasteiger charge is 2.25. The SMILES string of the molecule is CCNc1ncccc1S(=O)(=O)N(C)Cc1cscn1. The molecule has 1 N–H and O–H groups in total. The van der Waals surface area contributed by atoms with E-state index in [0.29, 0.717) is 12.4 Å². The third-order valence-corrected chi connectivity index (χ3v) is 5.14. The first-order valence-electron chi connectivity index (χ1n) is 6.08. The second-order valence-corrected chi connectivity index (χ2v) is 6.85. The Labute approximate surface area is 122 Å². The van der Waals surface area contributed by atoms with Crippen LogP contribution in [0.2, 0.25) is 0 Å². The van der Waals surface area contributed by atoms with Gasteiger partial charge < -0.3 is 5.32 Å². The summed E-state index contributed by atoms with van der Waals surface area (Å²) in [5.74, 6) is 0.375. The summed E-state index contributed by atoms with van der Waals surface area (Å²) in [5, 5.41) is 4.80. The van der Waals surface area contributed by atoms with Crippen molar-refractivity contribution in [3.8, 4) is 0 Å². The number of thiazole rings is 1. The van der Waals surface area contributed by atoms with Crippen LogP contribution in [0.5, 0.6) is 0 Å². The van der Waals surface area contributed by atoms with Gasteiger partial charge in [0, 0.05) is 25.2 Å². The van der Waals surface area contributed by atoms with Gasteiger partial charge in [0.15, 0.2) is 0 Å². The van der Waals surface area contributed by atoms with Crippen molar-refractivity contribution in [2.24, 2.45) is 0 Å². The van der Waals surface area contributed by atoms with E-state index in [0.717, 1.165) is 5.69 Å². The number of pyridine rings is 1. The number of nitrogens with one attached hydrogen (secondary N) is 1. The molecule has 2 aromatic heterocycles. The monoisotopic (exact) mass is 312 g/mol. The Morgan fingerprint density at radius 1 is 1.40 bits per heavy atom. The lowest BCUT2D eigenvalue weighted by atomic mass is 10.4. The van der Waals surface area contributed by atoms with Gasteiger partial charge in [0.05, 0.1) is 17.7 Å². The minimum atomic E-state index is -3.59. The highest BCUT2D eigenvalue weighted by molar-refractivity contribution is 7.89. The van der Waals surface area contributed by atoms with Crippen LogP contribution < -0.4 is 5.32 Å². The third kappa shape index (κ3) is 3.14. The zero-order valence-corrected chi connectivity index (χ0v) is 12.9. The lowest BCUT2D eigenvalue weighted by molar-refractivity contribution is 0.463. The van der Waals surface area contributed by atoms with E-state index in [-0.39, 0.29) is 11.4 Å². The van der Waals surface area contributed by atoms with Crippen molar-refractivity contribution in [3.05, 3.63) is 34.9 Å². The molecule has 20 heavy (non-hydrogen) atoms. The first-order chi connectivity index (χ1) is 9.55. The first-order valence-corrected chi connectivity index (χ1v) is 8.46. The minimum Gasteiger partial charge on any atom is -0.369 e. The van der Waals surface area contributed by atoms with Crippen LogP contribution >= 0.6 is 11.3 Å². The molecule has 2 aromatic rings. The second kappa shape index (κ2) is 6.29. The second-order valence-electron chi connectivity index (χ2n) is 4.12. The average Bonchev–Trinajstić information content (AvgIpc) is 2.92. The highest BCUT2D eigenvalue weighted by Crippen LogP contribution is 2.22. The summed E-state index contributed by atoms with van der Waals surface area (Å²) in [6.07, 6.45) is 1.57.